The van der Waals surface area contributed by atoms with Crippen LogP contribution in [0.2, 0.25) is 0 Å². The Bertz CT molecular complexity index is 480. The van der Waals surface area contributed by atoms with Crippen LogP contribution in [0.4, 0.5) is 0 Å². The van der Waals surface area contributed by atoms with Crippen LogP contribution in [0, 0.1) is 0 Å². The quantitative estimate of drug-likeness (QED) is 0.857. The molecule has 0 aliphatic rings. The van der Waals surface area contributed by atoms with Crippen molar-refractivity contribution in [1.82, 2.24) is 5.32 Å². The smallest absolute Gasteiger partial charge is 0.0701 e. The average molecular weight is 324 g/mol. The van der Waals surface area contributed by atoms with Crippen molar-refractivity contribution < 1.29 is 0 Å². The van der Waals surface area contributed by atoms with Crippen molar-refractivity contribution in [3.63, 3.8) is 0 Å². The van der Waals surface area contributed by atoms with E-state index in [-0.39, 0.29) is 0 Å². The molecule has 0 aliphatic heterocycles. The maximum atomic E-state index is 3.52. The van der Waals surface area contributed by atoms with E-state index in [4.69, 9.17) is 0 Å². The van der Waals surface area contributed by atoms with Gasteiger partial charge in [-0.15, -0.1) is 11.3 Å². The minimum Gasteiger partial charge on any atom is -0.316 e. The van der Waals surface area contributed by atoms with Crippen LogP contribution in [0.15, 0.2) is 46.3 Å². The molecule has 0 bridgehead atoms. The predicted molar refractivity (Wildman–Crippen MR) is 83.4 cm³/mol. The van der Waals surface area contributed by atoms with Crippen molar-refractivity contribution in [2.75, 3.05) is 7.05 Å². The van der Waals surface area contributed by atoms with Gasteiger partial charge in [0.05, 0.1) is 3.79 Å². The zero-order valence-corrected chi connectivity index (χ0v) is 13.1. The molecular weight excluding hydrogens is 306 g/mol. The summed E-state index contributed by atoms with van der Waals surface area (Å²) in [5, 5.41) is 3.45. The first-order chi connectivity index (χ1) is 8.70. The second kappa shape index (κ2) is 6.50. The van der Waals surface area contributed by atoms with Crippen molar-refractivity contribution in [3.8, 4) is 0 Å². The average Bonchev–Trinajstić information content (AvgIpc) is 2.82. The molecule has 1 nitrogen and oxygen atoms in total. The Morgan fingerprint density at radius 3 is 2.44 bits per heavy atom. The van der Waals surface area contributed by atoms with Gasteiger partial charge in [-0.2, -0.15) is 0 Å². The van der Waals surface area contributed by atoms with E-state index in [0.717, 1.165) is 6.42 Å². The standard InChI is InChI=1S/C15H18BrNS/c1-11(12-6-4-3-5-7-12)14(17-2)10-13-8-9-15(16)18-13/h3-9,11,14,17H,10H2,1-2H3. The zero-order chi connectivity index (χ0) is 13.0. The van der Waals surface area contributed by atoms with Crippen molar-refractivity contribution >= 4 is 27.3 Å². The molecular formula is C15H18BrNS. The number of nitrogens with one attached hydrogen (secondary N) is 1. The molecule has 18 heavy (non-hydrogen) atoms. The topological polar surface area (TPSA) is 12.0 Å². The number of rotatable bonds is 5. The summed E-state index contributed by atoms with van der Waals surface area (Å²) in [5.74, 6) is 0.511. The molecule has 0 amide bonds. The Kier molecular flexibility index (Phi) is 4.98. The molecule has 2 atom stereocenters. The van der Waals surface area contributed by atoms with Gasteiger partial charge < -0.3 is 5.32 Å². The zero-order valence-electron chi connectivity index (χ0n) is 10.7. The lowest BCUT2D eigenvalue weighted by molar-refractivity contribution is 0.486. The second-order valence-electron chi connectivity index (χ2n) is 4.50. The van der Waals surface area contributed by atoms with Crippen molar-refractivity contribution in [3.05, 3.63) is 56.7 Å². The van der Waals surface area contributed by atoms with Crippen LogP contribution in [0.5, 0.6) is 0 Å². The molecule has 2 unspecified atom stereocenters. The predicted octanol–water partition coefficient (Wildman–Crippen LogP) is 4.44. The van der Waals surface area contributed by atoms with Gasteiger partial charge in [0.2, 0.25) is 0 Å². The lowest BCUT2D eigenvalue weighted by atomic mass is 9.91. The summed E-state index contributed by atoms with van der Waals surface area (Å²) in [4.78, 5) is 1.42. The Labute approximate surface area is 121 Å². The highest BCUT2D eigenvalue weighted by molar-refractivity contribution is 9.11. The number of hydrogen-bond acceptors (Lipinski definition) is 2. The summed E-state index contributed by atoms with van der Waals surface area (Å²) in [6.07, 6.45) is 1.07. The van der Waals surface area contributed by atoms with Gasteiger partial charge in [-0.1, -0.05) is 37.3 Å². The van der Waals surface area contributed by atoms with E-state index in [0.29, 0.717) is 12.0 Å². The molecule has 2 aromatic rings. The number of likely N-dealkylation sites (N-methyl/N-ethyl adjacent to an activating group) is 1. The first-order valence-corrected chi connectivity index (χ1v) is 7.78. The van der Waals surface area contributed by atoms with E-state index in [1.165, 1.54) is 14.2 Å². The van der Waals surface area contributed by atoms with Crippen LogP contribution in [0.3, 0.4) is 0 Å². The fourth-order valence-corrected chi connectivity index (χ4v) is 3.74. The van der Waals surface area contributed by atoms with Crippen LogP contribution in [-0.4, -0.2) is 13.1 Å². The van der Waals surface area contributed by atoms with Crippen LogP contribution in [0.25, 0.3) is 0 Å². The minimum atomic E-state index is 0.470. The van der Waals surface area contributed by atoms with Gasteiger partial charge in [0.25, 0.3) is 0 Å². The Hall–Kier alpha value is -0.640. The third-order valence-corrected chi connectivity index (χ3v) is 5.00. The molecule has 0 radical (unpaired) electrons. The monoisotopic (exact) mass is 323 g/mol. The fourth-order valence-electron chi connectivity index (χ4n) is 2.20. The highest BCUT2D eigenvalue weighted by atomic mass is 79.9. The molecule has 1 N–H and O–H groups in total. The molecule has 0 saturated carbocycles. The van der Waals surface area contributed by atoms with Crippen LogP contribution in [-0.2, 0) is 6.42 Å². The molecule has 3 heteroatoms. The Morgan fingerprint density at radius 2 is 1.89 bits per heavy atom. The maximum Gasteiger partial charge on any atom is 0.0701 e. The summed E-state index contributed by atoms with van der Waals surface area (Å²) in [7, 11) is 2.05. The van der Waals surface area contributed by atoms with Crippen LogP contribution < -0.4 is 5.32 Å². The van der Waals surface area contributed by atoms with E-state index in [9.17, 15) is 0 Å². The minimum absolute atomic E-state index is 0.470. The summed E-state index contributed by atoms with van der Waals surface area (Å²) in [5.41, 5.74) is 1.40. The Balaban J connectivity index is 2.09. The maximum absolute atomic E-state index is 3.52. The summed E-state index contributed by atoms with van der Waals surface area (Å²) in [6, 6.07) is 15.5. The van der Waals surface area contributed by atoms with Gasteiger partial charge in [0, 0.05) is 10.9 Å². The van der Waals surface area contributed by atoms with Gasteiger partial charge in [-0.05, 0) is 53.0 Å². The highest BCUT2D eigenvalue weighted by Crippen LogP contribution is 2.27. The second-order valence-corrected chi connectivity index (χ2v) is 7.05. The lowest BCUT2D eigenvalue weighted by Crippen LogP contribution is -2.32. The van der Waals surface area contributed by atoms with Crippen LogP contribution in [0.1, 0.15) is 23.3 Å². The number of benzene rings is 1. The van der Waals surface area contributed by atoms with Crippen LogP contribution >= 0.6 is 27.3 Å². The summed E-state index contributed by atoms with van der Waals surface area (Å²) < 4.78 is 1.21. The first kappa shape index (κ1) is 13.8. The third-order valence-electron chi connectivity index (χ3n) is 3.35. The Morgan fingerprint density at radius 1 is 1.17 bits per heavy atom. The molecule has 1 aromatic heterocycles. The van der Waals surface area contributed by atoms with E-state index < -0.39 is 0 Å². The molecule has 0 fully saturated rings. The van der Waals surface area contributed by atoms with Gasteiger partial charge in [0.1, 0.15) is 0 Å². The largest absolute Gasteiger partial charge is 0.316 e. The fraction of sp³-hybridized carbons (Fsp3) is 0.333. The highest BCUT2D eigenvalue weighted by Gasteiger charge is 2.18. The van der Waals surface area contributed by atoms with E-state index in [1.54, 1.807) is 0 Å². The van der Waals surface area contributed by atoms with E-state index in [1.807, 2.05) is 18.4 Å². The SMILES string of the molecule is CNC(Cc1ccc(Br)s1)C(C)c1ccccc1. The molecule has 0 saturated heterocycles. The van der Waals surface area contributed by atoms with Crippen molar-refractivity contribution in [2.45, 2.75) is 25.3 Å². The number of thiophene rings is 1. The summed E-state index contributed by atoms with van der Waals surface area (Å²) in [6.45, 7) is 2.29. The number of halogens is 1. The van der Waals surface area contributed by atoms with E-state index in [2.05, 4.69) is 70.6 Å². The molecule has 96 valence electrons. The molecule has 2 rings (SSSR count). The number of hydrogen-bond donors (Lipinski definition) is 1. The molecule has 0 aliphatic carbocycles. The van der Waals surface area contributed by atoms with Gasteiger partial charge >= 0.3 is 0 Å². The van der Waals surface area contributed by atoms with Gasteiger partial charge in [-0.3, -0.25) is 0 Å². The molecule has 1 aromatic carbocycles. The van der Waals surface area contributed by atoms with Crippen molar-refractivity contribution in [2.24, 2.45) is 0 Å². The normalized spacial score (nSPS) is 14.4. The first-order valence-electron chi connectivity index (χ1n) is 6.17. The van der Waals surface area contributed by atoms with Gasteiger partial charge in [0.15, 0.2) is 0 Å². The third kappa shape index (κ3) is 3.44. The summed E-state index contributed by atoms with van der Waals surface area (Å²) >= 11 is 5.34. The molecule has 0 spiro atoms. The van der Waals surface area contributed by atoms with E-state index >= 15 is 0 Å². The lowest BCUT2D eigenvalue weighted by Gasteiger charge is -2.23. The molecule has 1 heterocycles. The van der Waals surface area contributed by atoms with Gasteiger partial charge in [-0.25, -0.2) is 0 Å². The van der Waals surface area contributed by atoms with Crippen molar-refractivity contribution in [1.29, 1.82) is 0 Å².